The standard InChI is InChI=1S/C23H20N4O3S/c1-15-17(9-5-10-18(15)25-23(29)16-7-3-2-4-8-16)24-20(28)12-13-21-26-22(27-30-21)19-11-6-14-31-19/h2-11,14H,12-13H2,1H3,(H,24,28)(H,25,29). The molecule has 2 amide bonds. The fourth-order valence-corrected chi connectivity index (χ4v) is 3.64. The minimum atomic E-state index is -0.204. The van der Waals surface area contributed by atoms with Gasteiger partial charge in [-0.25, -0.2) is 0 Å². The first-order valence-corrected chi connectivity index (χ1v) is 10.6. The third-order valence-corrected chi connectivity index (χ3v) is 5.53. The zero-order valence-corrected chi connectivity index (χ0v) is 17.6. The fourth-order valence-electron chi connectivity index (χ4n) is 2.99. The van der Waals surface area contributed by atoms with E-state index in [0.717, 1.165) is 10.4 Å². The number of carbonyl (C=O) groups is 2. The number of anilines is 2. The van der Waals surface area contributed by atoms with Crippen LogP contribution in [-0.2, 0) is 11.2 Å². The van der Waals surface area contributed by atoms with E-state index in [9.17, 15) is 9.59 Å². The van der Waals surface area contributed by atoms with Crippen molar-refractivity contribution in [2.45, 2.75) is 19.8 Å². The molecule has 0 spiro atoms. The van der Waals surface area contributed by atoms with Crippen LogP contribution in [0.15, 0.2) is 70.6 Å². The summed E-state index contributed by atoms with van der Waals surface area (Å²) < 4.78 is 5.24. The van der Waals surface area contributed by atoms with E-state index in [1.165, 1.54) is 11.3 Å². The zero-order valence-electron chi connectivity index (χ0n) is 16.8. The van der Waals surface area contributed by atoms with Crippen molar-refractivity contribution < 1.29 is 14.1 Å². The molecule has 0 aliphatic heterocycles. The Kier molecular flexibility index (Phi) is 6.18. The summed E-state index contributed by atoms with van der Waals surface area (Å²) in [6.45, 7) is 1.85. The molecule has 0 unspecified atom stereocenters. The molecule has 0 saturated carbocycles. The number of benzene rings is 2. The number of hydrogen-bond acceptors (Lipinski definition) is 6. The summed E-state index contributed by atoms with van der Waals surface area (Å²) in [5.41, 5.74) is 2.63. The molecule has 8 heteroatoms. The Bertz CT molecular complexity index is 1190. The highest BCUT2D eigenvalue weighted by molar-refractivity contribution is 7.13. The predicted octanol–water partition coefficient (Wildman–Crippen LogP) is 4.93. The number of amides is 2. The summed E-state index contributed by atoms with van der Waals surface area (Å²) in [5, 5.41) is 11.7. The van der Waals surface area contributed by atoms with Gasteiger partial charge in [-0.05, 0) is 48.2 Å². The van der Waals surface area contributed by atoms with Crippen LogP contribution >= 0.6 is 11.3 Å². The smallest absolute Gasteiger partial charge is 0.255 e. The average molecular weight is 433 g/mol. The second-order valence-electron chi connectivity index (χ2n) is 6.84. The maximum Gasteiger partial charge on any atom is 0.255 e. The van der Waals surface area contributed by atoms with Gasteiger partial charge in [-0.15, -0.1) is 11.3 Å². The largest absolute Gasteiger partial charge is 0.339 e. The first kappa shape index (κ1) is 20.5. The van der Waals surface area contributed by atoms with Crippen molar-refractivity contribution in [3.63, 3.8) is 0 Å². The maximum atomic E-state index is 12.4. The van der Waals surface area contributed by atoms with Gasteiger partial charge in [-0.3, -0.25) is 9.59 Å². The topological polar surface area (TPSA) is 97.1 Å². The van der Waals surface area contributed by atoms with Crippen LogP contribution in [0, 0.1) is 6.92 Å². The third-order valence-electron chi connectivity index (χ3n) is 4.67. The number of thiophene rings is 1. The predicted molar refractivity (Wildman–Crippen MR) is 120 cm³/mol. The highest BCUT2D eigenvalue weighted by Crippen LogP contribution is 2.25. The molecule has 7 nitrogen and oxygen atoms in total. The van der Waals surface area contributed by atoms with E-state index in [4.69, 9.17) is 4.52 Å². The number of rotatable bonds is 7. The van der Waals surface area contributed by atoms with Crippen LogP contribution in [0.2, 0.25) is 0 Å². The van der Waals surface area contributed by atoms with E-state index >= 15 is 0 Å². The molecule has 0 aliphatic carbocycles. The number of carbonyl (C=O) groups excluding carboxylic acids is 2. The first-order chi connectivity index (χ1) is 15.1. The van der Waals surface area contributed by atoms with Crippen molar-refractivity contribution in [1.82, 2.24) is 10.1 Å². The second-order valence-corrected chi connectivity index (χ2v) is 7.78. The Morgan fingerprint density at radius 1 is 0.968 bits per heavy atom. The number of aromatic nitrogens is 2. The van der Waals surface area contributed by atoms with Crippen LogP contribution < -0.4 is 10.6 Å². The lowest BCUT2D eigenvalue weighted by molar-refractivity contribution is -0.116. The Morgan fingerprint density at radius 2 is 1.74 bits per heavy atom. The van der Waals surface area contributed by atoms with Crippen LogP contribution in [0.25, 0.3) is 10.7 Å². The summed E-state index contributed by atoms with van der Waals surface area (Å²) in [6, 6.07) is 18.2. The zero-order chi connectivity index (χ0) is 21.6. The molecule has 156 valence electrons. The Labute approximate surface area is 183 Å². The molecule has 2 aromatic heterocycles. The Hall–Kier alpha value is -3.78. The van der Waals surface area contributed by atoms with Crippen molar-refractivity contribution in [3.05, 3.63) is 83.1 Å². The Balaban J connectivity index is 1.36. The van der Waals surface area contributed by atoms with E-state index in [1.807, 2.05) is 42.6 Å². The fraction of sp³-hybridized carbons (Fsp3) is 0.130. The molecule has 0 fully saturated rings. The number of aryl methyl sites for hydroxylation is 1. The van der Waals surface area contributed by atoms with E-state index in [0.29, 0.717) is 35.1 Å². The molecular weight excluding hydrogens is 412 g/mol. The van der Waals surface area contributed by atoms with Gasteiger partial charge in [0.05, 0.1) is 4.88 Å². The molecule has 2 heterocycles. The summed E-state index contributed by atoms with van der Waals surface area (Å²) in [5.74, 6) is 0.567. The van der Waals surface area contributed by atoms with Crippen LogP contribution in [0.1, 0.15) is 28.2 Å². The molecule has 31 heavy (non-hydrogen) atoms. The monoisotopic (exact) mass is 432 g/mol. The summed E-state index contributed by atoms with van der Waals surface area (Å²) in [4.78, 5) is 30.1. The number of nitrogens with zero attached hydrogens (tertiary/aromatic N) is 2. The van der Waals surface area contributed by atoms with Gasteiger partial charge in [0.25, 0.3) is 5.91 Å². The molecule has 4 aromatic rings. The molecule has 0 aliphatic rings. The van der Waals surface area contributed by atoms with Crippen molar-refractivity contribution in [2.75, 3.05) is 10.6 Å². The van der Waals surface area contributed by atoms with Gasteiger partial charge in [0.1, 0.15) is 0 Å². The van der Waals surface area contributed by atoms with Gasteiger partial charge in [0, 0.05) is 29.8 Å². The van der Waals surface area contributed by atoms with Crippen LogP contribution in [0.3, 0.4) is 0 Å². The van der Waals surface area contributed by atoms with E-state index in [2.05, 4.69) is 20.8 Å². The van der Waals surface area contributed by atoms with Gasteiger partial charge >= 0.3 is 0 Å². The van der Waals surface area contributed by atoms with Gasteiger partial charge in [0.15, 0.2) is 0 Å². The highest BCUT2D eigenvalue weighted by atomic mass is 32.1. The Morgan fingerprint density at radius 3 is 2.48 bits per heavy atom. The van der Waals surface area contributed by atoms with Gasteiger partial charge in [-0.1, -0.05) is 35.5 Å². The molecule has 0 saturated heterocycles. The summed E-state index contributed by atoms with van der Waals surface area (Å²) in [6.07, 6.45) is 0.541. The number of hydrogen-bond donors (Lipinski definition) is 2. The van der Waals surface area contributed by atoms with Crippen LogP contribution in [0.4, 0.5) is 11.4 Å². The van der Waals surface area contributed by atoms with Crippen molar-refractivity contribution in [2.24, 2.45) is 0 Å². The third kappa shape index (κ3) is 5.04. The van der Waals surface area contributed by atoms with Crippen LogP contribution in [0.5, 0.6) is 0 Å². The van der Waals surface area contributed by atoms with E-state index < -0.39 is 0 Å². The normalized spacial score (nSPS) is 10.6. The highest BCUT2D eigenvalue weighted by Gasteiger charge is 2.14. The molecule has 0 bridgehead atoms. The lowest BCUT2D eigenvalue weighted by Gasteiger charge is -2.13. The maximum absolute atomic E-state index is 12.4. The molecule has 0 radical (unpaired) electrons. The minimum absolute atomic E-state index is 0.175. The molecule has 4 rings (SSSR count). The SMILES string of the molecule is Cc1c(NC(=O)CCc2nc(-c3cccs3)no2)cccc1NC(=O)c1ccccc1. The lowest BCUT2D eigenvalue weighted by atomic mass is 10.1. The van der Waals surface area contributed by atoms with Crippen molar-refractivity contribution >= 4 is 34.5 Å². The van der Waals surface area contributed by atoms with E-state index in [1.54, 1.807) is 30.3 Å². The van der Waals surface area contributed by atoms with Crippen LogP contribution in [-0.4, -0.2) is 22.0 Å². The van der Waals surface area contributed by atoms with Gasteiger partial charge in [-0.2, -0.15) is 4.98 Å². The minimum Gasteiger partial charge on any atom is -0.339 e. The molecule has 2 N–H and O–H groups in total. The number of nitrogens with one attached hydrogen (secondary N) is 2. The summed E-state index contributed by atoms with van der Waals surface area (Å²) >= 11 is 1.53. The molecule has 2 aromatic carbocycles. The molecule has 0 atom stereocenters. The van der Waals surface area contributed by atoms with Crippen molar-refractivity contribution in [1.29, 1.82) is 0 Å². The van der Waals surface area contributed by atoms with Gasteiger partial charge in [0.2, 0.25) is 17.6 Å². The molecular formula is C23H20N4O3S. The lowest BCUT2D eigenvalue weighted by Crippen LogP contribution is -2.16. The van der Waals surface area contributed by atoms with Crippen molar-refractivity contribution in [3.8, 4) is 10.7 Å². The summed E-state index contributed by atoms with van der Waals surface area (Å²) in [7, 11) is 0. The van der Waals surface area contributed by atoms with Gasteiger partial charge < -0.3 is 15.2 Å². The quantitative estimate of drug-likeness (QED) is 0.432. The average Bonchev–Trinajstić information content (AvgIpc) is 3.47. The second kappa shape index (κ2) is 9.36. The van der Waals surface area contributed by atoms with E-state index in [-0.39, 0.29) is 18.2 Å². The first-order valence-electron chi connectivity index (χ1n) is 9.72.